The Kier molecular flexibility index (Phi) is 4.27. The molecule has 12 heavy (non-hydrogen) atoms. The van der Waals surface area contributed by atoms with Crippen LogP contribution in [0.4, 0.5) is 4.39 Å². The van der Waals surface area contributed by atoms with Crippen LogP contribution in [-0.4, -0.2) is 5.67 Å². The van der Waals surface area contributed by atoms with Gasteiger partial charge >= 0.3 is 0 Å². The van der Waals surface area contributed by atoms with Crippen molar-refractivity contribution in [2.45, 2.75) is 19.5 Å². The first kappa shape index (κ1) is 10.9. The molecule has 1 heteroatoms. The molecule has 0 radical (unpaired) electrons. The molecule has 1 unspecified atom stereocenters. The molecule has 1 atom stereocenters. The van der Waals surface area contributed by atoms with Gasteiger partial charge in [0.05, 0.1) is 0 Å². The quantitative estimate of drug-likeness (QED) is 0.560. The van der Waals surface area contributed by atoms with Gasteiger partial charge < -0.3 is 0 Å². The van der Waals surface area contributed by atoms with Crippen molar-refractivity contribution in [3.8, 4) is 0 Å². The van der Waals surface area contributed by atoms with Gasteiger partial charge in [-0.3, -0.25) is 0 Å². The molecule has 0 bridgehead atoms. The van der Waals surface area contributed by atoms with Crippen molar-refractivity contribution in [2.75, 3.05) is 0 Å². The molecule has 0 saturated carbocycles. The van der Waals surface area contributed by atoms with Crippen molar-refractivity contribution in [3.05, 3.63) is 49.1 Å². The summed E-state index contributed by atoms with van der Waals surface area (Å²) in [6.45, 7) is 10.3. The maximum Gasteiger partial charge on any atom is 0.145 e. The van der Waals surface area contributed by atoms with E-state index < -0.39 is 5.67 Å². The van der Waals surface area contributed by atoms with E-state index in [0.717, 1.165) is 5.57 Å². The topological polar surface area (TPSA) is 0 Å². The number of allylic oxidation sites excluding steroid dienone is 6. The predicted molar refractivity (Wildman–Crippen MR) is 52.8 cm³/mol. The molecular formula is C11H15F. The van der Waals surface area contributed by atoms with Crippen molar-refractivity contribution in [1.82, 2.24) is 0 Å². The highest BCUT2D eigenvalue weighted by molar-refractivity contribution is 5.23. The Morgan fingerprint density at radius 3 is 2.42 bits per heavy atom. The smallest absolute Gasteiger partial charge is 0.145 e. The van der Waals surface area contributed by atoms with Gasteiger partial charge in [0.15, 0.2) is 0 Å². The zero-order chi connectivity index (χ0) is 9.61. The monoisotopic (exact) mass is 166 g/mol. The number of rotatable bonds is 4. The van der Waals surface area contributed by atoms with Crippen LogP contribution in [0.15, 0.2) is 49.1 Å². The van der Waals surface area contributed by atoms with E-state index in [-0.39, 0.29) is 0 Å². The average molecular weight is 166 g/mol. The zero-order valence-corrected chi connectivity index (χ0v) is 7.68. The van der Waals surface area contributed by atoms with Crippen LogP contribution < -0.4 is 0 Å². The minimum atomic E-state index is -1.41. The Balaban J connectivity index is 4.50. The van der Waals surface area contributed by atoms with Gasteiger partial charge in [-0.05, 0) is 26.0 Å². The highest BCUT2D eigenvalue weighted by atomic mass is 19.1. The lowest BCUT2D eigenvalue weighted by molar-refractivity contribution is 0.327. The third-order valence-corrected chi connectivity index (χ3v) is 1.39. The van der Waals surface area contributed by atoms with E-state index in [0.29, 0.717) is 0 Å². The summed E-state index contributed by atoms with van der Waals surface area (Å²) in [4.78, 5) is 0. The Morgan fingerprint density at radius 2 is 2.00 bits per heavy atom. The Morgan fingerprint density at radius 1 is 1.42 bits per heavy atom. The maximum atomic E-state index is 13.5. The molecule has 0 aliphatic heterocycles. The van der Waals surface area contributed by atoms with Gasteiger partial charge in [-0.1, -0.05) is 37.0 Å². The first-order valence-electron chi connectivity index (χ1n) is 3.83. The van der Waals surface area contributed by atoms with E-state index in [1.807, 2.05) is 6.92 Å². The summed E-state index contributed by atoms with van der Waals surface area (Å²) >= 11 is 0. The Labute approximate surface area is 73.8 Å². The molecule has 0 aliphatic rings. The molecule has 0 rings (SSSR count). The normalized spacial score (nSPS) is 17.4. The third kappa shape index (κ3) is 4.67. The summed E-state index contributed by atoms with van der Waals surface area (Å²) in [6.07, 6.45) is 7.73. The number of alkyl halides is 1. The van der Waals surface area contributed by atoms with E-state index in [9.17, 15) is 4.39 Å². The highest BCUT2D eigenvalue weighted by Crippen LogP contribution is 2.16. The minimum absolute atomic E-state index is 0.828. The molecule has 0 aromatic rings. The number of hydrogen-bond donors (Lipinski definition) is 0. The Hall–Kier alpha value is -1.11. The summed E-state index contributed by atoms with van der Waals surface area (Å²) in [5.74, 6) is 0. The lowest BCUT2D eigenvalue weighted by atomic mass is 10.0. The molecule has 0 fully saturated rings. The van der Waals surface area contributed by atoms with Crippen LogP contribution in [0, 0.1) is 0 Å². The molecule has 0 N–H and O–H groups in total. The molecule has 0 aliphatic carbocycles. The van der Waals surface area contributed by atoms with Gasteiger partial charge in [-0.15, -0.1) is 0 Å². The molecule has 0 aromatic carbocycles. The molecule has 0 saturated heterocycles. The summed E-state index contributed by atoms with van der Waals surface area (Å²) in [5, 5.41) is 0. The van der Waals surface area contributed by atoms with Gasteiger partial charge in [-0.25, -0.2) is 4.39 Å². The van der Waals surface area contributed by atoms with Crippen LogP contribution in [0.2, 0.25) is 0 Å². The summed E-state index contributed by atoms with van der Waals surface area (Å²) in [5.41, 5.74) is -0.583. The van der Waals surface area contributed by atoms with Gasteiger partial charge in [0.25, 0.3) is 0 Å². The van der Waals surface area contributed by atoms with Crippen molar-refractivity contribution in [2.24, 2.45) is 0 Å². The lowest BCUT2D eigenvalue weighted by Gasteiger charge is -2.10. The van der Waals surface area contributed by atoms with E-state index in [4.69, 9.17) is 0 Å². The van der Waals surface area contributed by atoms with Gasteiger partial charge in [0.1, 0.15) is 5.67 Å². The van der Waals surface area contributed by atoms with Crippen LogP contribution in [0.25, 0.3) is 0 Å². The van der Waals surface area contributed by atoms with E-state index >= 15 is 0 Å². The standard InChI is InChI=1S/C11H15F/c1-5-7-8-11(4,12)9-10(3)6-2/h5-9H,1-2H2,3-4H3/b8-7-,10-9-. The summed E-state index contributed by atoms with van der Waals surface area (Å²) < 4.78 is 13.5. The van der Waals surface area contributed by atoms with E-state index in [1.54, 1.807) is 18.2 Å². The van der Waals surface area contributed by atoms with Gasteiger partial charge in [-0.2, -0.15) is 0 Å². The van der Waals surface area contributed by atoms with Crippen LogP contribution in [-0.2, 0) is 0 Å². The highest BCUT2D eigenvalue weighted by Gasteiger charge is 2.14. The summed E-state index contributed by atoms with van der Waals surface area (Å²) in [6, 6.07) is 0. The third-order valence-electron chi connectivity index (χ3n) is 1.39. The lowest BCUT2D eigenvalue weighted by Crippen LogP contribution is -2.09. The van der Waals surface area contributed by atoms with Crippen molar-refractivity contribution >= 4 is 0 Å². The first-order valence-corrected chi connectivity index (χ1v) is 3.83. The van der Waals surface area contributed by atoms with Crippen molar-refractivity contribution < 1.29 is 4.39 Å². The number of halogens is 1. The van der Waals surface area contributed by atoms with Gasteiger partial charge in [0.2, 0.25) is 0 Å². The van der Waals surface area contributed by atoms with Crippen molar-refractivity contribution in [1.29, 1.82) is 0 Å². The van der Waals surface area contributed by atoms with Crippen molar-refractivity contribution in [3.63, 3.8) is 0 Å². The first-order chi connectivity index (χ1) is 5.52. The Bertz CT molecular complexity index is 219. The van der Waals surface area contributed by atoms with Gasteiger partial charge in [0, 0.05) is 0 Å². The predicted octanol–water partition coefficient (Wildman–Crippen LogP) is 3.59. The molecule has 0 amide bonds. The average Bonchev–Trinajstić information content (AvgIpc) is 2.00. The van der Waals surface area contributed by atoms with Crippen LogP contribution in [0.5, 0.6) is 0 Å². The fraction of sp³-hybridized carbons (Fsp3) is 0.273. The fourth-order valence-corrected chi connectivity index (χ4v) is 0.808. The zero-order valence-electron chi connectivity index (χ0n) is 7.68. The molecule has 0 aromatic heterocycles. The number of hydrogen-bond acceptors (Lipinski definition) is 0. The second kappa shape index (κ2) is 4.70. The second-order valence-corrected chi connectivity index (χ2v) is 2.84. The molecular weight excluding hydrogens is 151 g/mol. The van der Waals surface area contributed by atoms with E-state index in [2.05, 4.69) is 13.2 Å². The van der Waals surface area contributed by atoms with E-state index in [1.165, 1.54) is 19.1 Å². The van der Waals surface area contributed by atoms with Crippen LogP contribution >= 0.6 is 0 Å². The molecule has 0 nitrogen and oxygen atoms in total. The molecule has 0 heterocycles. The largest absolute Gasteiger partial charge is 0.235 e. The summed E-state index contributed by atoms with van der Waals surface area (Å²) in [7, 11) is 0. The fourth-order valence-electron chi connectivity index (χ4n) is 0.808. The maximum absolute atomic E-state index is 13.5. The minimum Gasteiger partial charge on any atom is -0.235 e. The second-order valence-electron chi connectivity index (χ2n) is 2.84. The van der Waals surface area contributed by atoms with Crippen LogP contribution in [0.3, 0.4) is 0 Å². The SMILES string of the molecule is C=C/C=C\C(C)(F)/C=C(/C)C=C. The van der Waals surface area contributed by atoms with Crippen LogP contribution in [0.1, 0.15) is 13.8 Å². The molecule has 0 spiro atoms. The molecule has 66 valence electrons.